The van der Waals surface area contributed by atoms with Gasteiger partial charge in [-0.1, -0.05) is 27.6 Å². The third-order valence-electron chi connectivity index (χ3n) is 2.04. The Balaban J connectivity index is 3.87. The Labute approximate surface area is 77.2 Å². The van der Waals surface area contributed by atoms with Crippen LogP contribution in [0.5, 0.6) is 0 Å². The molecule has 0 aliphatic heterocycles. The normalized spacial score (nSPS) is 13.1. The first kappa shape index (κ1) is 11.7. The number of Topliss-reactive ketones (excluding diaryl/α,β-unsaturated/α-hetero) is 1. The molecule has 1 nitrogen and oxygen atoms in total. The van der Waals surface area contributed by atoms with Crippen LogP contribution in [0.1, 0.15) is 40.0 Å². The summed E-state index contributed by atoms with van der Waals surface area (Å²) in [6, 6.07) is 0. The van der Waals surface area contributed by atoms with Gasteiger partial charge in [0.05, 0.1) is 0 Å². The van der Waals surface area contributed by atoms with Crippen LogP contribution in [0.2, 0.25) is 12.6 Å². The van der Waals surface area contributed by atoms with Crippen molar-refractivity contribution in [3.8, 4) is 0 Å². The van der Waals surface area contributed by atoms with Gasteiger partial charge >= 0.3 is 0 Å². The van der Waals surface area contributed by atoms with Crippen LogP contribution in [0.25, 0.3) is 0 Å². The zero-order chi connectivity index (χ0) is 9.56. The van der Waals surface area contributed by atoms with Gasteiger partial charge in [0, 0.05) is 6.42 Å². The molecule has 69 valence electrons. The van der Waals surface area contributed by atoms with E-state index in [4.69, 9.17) is 0 Å². The molecule has 1 unspecified atom stereocenters. The van der Waals surface area contributed by atoms with E-state index in [0.717, 1.165) is 19.3 Å². The van der Waals surface area contributed by atoms with Gasteiger partial charge in [-0.2, -0.15) is 0 Å². The van der Waals surface area contributed by atoms with Gasteiger partial charge in [0.2, 0.25) is 0 Å². The van der Waals surface area contributed by atoms with Gasteiger partial charge in [-0.3, -0.25) is 0 Å². The predicted molar refractivity (Wildman–Crippen MR) is 54.7 cm³/mol. The first-order valence-electron chi connectivity index (χ1n) is 4.94. The van der Waals surface area contributed by atoms with Gasteiger partial charge in [0.25, 0.3) is 0 Å². The second-order valence-corrected chi connectivity index (χ2v) is 3.79. The van der Waals surface area contributed by atoms with E-state index < -0.39 is 0 Å². The third kappa shape index (κ3) is 4.58. The molecule has 12 heavy (non-hydrogen) atoms. The first-order chi connectivity index (χ1) is 5.61. The second-order valence-electron chi connectivity index (χ2n) is 3.79. The Morgan fingerprint density at radius 3 is 2.33 bits per heavy atom. The Morgan fingerprint density at radius 2 is 2.00 bits per heavy atom. The molecule has 0 saturated carbocycles. The van der Waals surface area contributed by atoms with Crippen LogP contribution in [-0.2, 0) is 4.79 Å². The summed E-state index contributed by atoms with van der Waals surface area (Å²) in [5, 5.41) is 0. The number of ketones is 1. The van der Waals surface area contributed by atoms with Crippen molar-refractivity contribution in [1.82, 2.24) is 0 Å². The SMILES string of the molecule is C[B]C(CC(C)C)C(=O)CCC. The van der Waals surface area contributed by atoms with Crippen molar-refractivity contribution in [2.45, 2.75) is 52.7 Å². The molecule has 0 rings (SSSR count). The Morgan fingerprint density at radius 1 is 1.42 bits per heavy atom. The Kier molecular flexibility index (Phi) is 6.13. The summed E-state index contributed by atoms with van der Waals surface area (Å²) in [5.74, 6) is 1.23. The van der Waals surface area contributed by atoms with Crippen molar-refractivity contribution in [3.63, 3.8) is 0 Å². The van der Waals surface area contributed by atoms with E-state index in [2.05, 4.69) is 20.8 Å². The molecule has 0 fully saturated rings. The van der Waals surface area contributed by atoms with Gasteiger partial charge in [-0.15, -0.1) is 0 Å². The Hall–Kier alpha value is -0.265. The molecule has 0 heterocycles. The van der Waals surface area contributed by atoms with E-state index in [-0.39, 0.29) is 5.82 Å². The minimum Gasteiger partial charge on any atom is -0.300 e. The first-order valence-corrected chi connectivity index (χ1v) is 4.94. The van der Waals surface area contributed by atoms with Crippen molar-refractivity contribution in [2.75, 3.05) is 0 Å². The highest BCUT2D eigenvalue weighted by molar-refractivity contribution is 6.42. The highest BCUT2D eigenvalue weighted by atomic mass is 16.1. The Bertz CT molecular complexity index is 132. The molecule has 0 amide bonds. The zero-order valence-electron chi connectivity index (χ0n) is 8.76. The van der Waals surface area contributed by atoms with Crippen LogP contribution in [0.3, 0.4) is 0 Å². The molecule has 0 aromatic heterocycles. The molecular weight excluding hydrogens is 147 g/mol. The fourth-order valence-electron chi connectivity index (χ4n) is 1.39. The van der Waals surface area contributed by atoms with Gasteiger partial charge < -0.3 is 4.79 Å². The monoisotopic (exact) mass is 167 g/mol. The number of hydrogen-bond donors (Lipinski definition) is 0. The highest BCUT2D eigenvalue weighted by Crippen LogP contribution is 2.19. The average Bonchev–Trinajstić information content (AvgIpc) is 2.00. The van der Waals surface area contributed by atoms with Gasteiger partial charge in [0.15, 0.2) is 0 Å². The molecule has 2 heteroatoms. The number of hydrogen-bond acceptors (Lipinski definition) is 1. The van der Waals surface area contributed by atoms with E-state index in [1.165, 1.54) is 0 Å². The van der Waals surface area contributed by atoms with Crippen molar-refractivity contribution >= 4 is 13.1 Å². The molecule has 1 radical (unpaired) electrons. The maximum absolute atomic E-state index is 11.5. The summed E-state index contributed by atoms with van der Waals surface area (Å²) in [7, 11) is 2.04. The van der Waals surface area contributed by atoms with Crippen LogP contribution in [0.15, 0.2) is 0 Å². The van der Waals surface area contributed by atoms with E-state index in [9.17, 15) is 4.79 Å². The number of carbonyl (C=O) groups excluding carboxylic acids is 1. The average molecular weight is 167 g/mol. The molecule has 0 N–H and O–H groups in total. The molecule has 0 spiro atoms. The van der Waals surface area contributed by atoms with Crippen LogP contribution >= 0.6 is 0 Å². The summed E-state index contributed by atoms with van der Waals surface area (Å²) in [5.41, 5.74) is 0. The lowest BCUT2D eigenvalue weighted by atomic mass is 9.61. The lowest BCUT2D eigenvalue weighted by Crippen LogP contribution is -2.15. The fraction of sp³-hybridized carbons (Fsp3) is 0.900. The predicted octanol–water partition coefficient (Wildman–Crippen LogP) is 2.94. The smallest absolute Gasteiger partial charge is 0.128 e. The van der Waals surface area contributed by atoms with Crippen LogP contribution in [0, 0.1) is 5.92 Å². The van der Waals surface area contributed by atoms with E-state index >= 15 is 0 Å². The highest BCUT2D eigenvalue weighted by Gasteiger charge is 2.16. The molecule has 0 aromatic carbocycles. The fourth-order valence-corrected chi connectivity index (χ4v) is 1.39. The van der Waals surface area contributed by atoms with Crippen LogP contribution < -0.4 is 0 Å². The maximum atomic E-state index is 11.5. The molecule has 1 atom stereocenters. The quantitative estimate of drug-likeness (QED) is 0.556. The maximum Gasteiger partial charge on any atom is 0.128 e. The number of rotatable bonds is 6. The summed E-state index contributed by atoms with van der Waals surface area (Å²) >= 11 is 0. The van der Waals surface area contributed by atoms with Crippen molar-refractivity contribution < 1.29 is 4.79 Å². The van der Waals surface area contributed by atoms with E-state index in [1.54, 1.807) is 0 Å². The lowest BCUT2D eigenvalue weighted by molar-refractivity contribution is -0.119. The van der Waals surface area contributed by atoms with Crippen LogP contribution in [0.4, 0.5) is 0 Å². The van der Waals surface area contributed by atoms with Crippen molar-refractivity contribution in [3.05, 3.63) is 0 Å². The van der Waals surface area contributed by atoms with Crippen molar-refractivity contribution in [2.24, 2.45) is 5.92 Å². The minimum absolute atomic E-state index is 0.199. The largest absolute Gasteiger partial charge is 0.300 e. The molecule has 0 bridgehead atoms. The molecular formula is C10H20BO. The molecule has 0 saturated heterocycles. The van der Waals surface area contributed by atoms with Crippen molar-refractivity contribution in [1.29, 1.82) is 0 Å². The topological polar surface area (TPSA) is 17.1 Å². The van der Waals surface area contributed by atoms with E-state index in [0.29, 0.717) is 11.7 Å². The second kappa shape index (κ2) is 6.27. The van der Waals surface area contributed by atoms with Crippen LogP contribution in [-0.4, -0.2) is 13.1 Å². The van der Waals surface area contributed by atoms with E-state index in [1.807, 2.05) is 14.1 Å². The number of carbonyl (C=O) groups is 1. The minimum atomic E-state index is 0.199. The molecule has 0 aliphatic rings. The molecule has 0 aromatic rings. The van der Waals surface area contributed by atoms with Gasteiger partial charge in [0.1, 0.15) is 13.1 Å². The van der Waals surface area contributed by atoms with Gasteiger partial charge in [-0.25, -0.2) is 0 Å². The summed E-state index contributed by atoms with van der Waals surface area (Å²) in [6.45, 7) is 8.37. The standard InChI is InChI=1S/C10H20BO/c1-5-6-10(12)9(11-4)7-8(2)3/h8-9H,5-7H2,1-4H3. The third-order valence-corrected chi connectivity index (χ3v) is 2.04. The van der Waals surface area contributed by atoms with Gasteiger partial charge in [-0.05, 0) is 24.6 Å². The summed E-state index contributed by atoms with van der Waals surface area (Å²) < 4.78 is 0. The lowest BCUT2D eigenvalue weighted by Gasteiger charge is -2.14. The molecule has 0 aliphatic carbocycles. The summed E-state index contributed by atoms with van der Waals surface area (Å²) in [4.78, 5) is 11.5. The summed E-state index contributed by atoms with van der Waals surface area (Å²) in [6.07, 6.45) is 2.72. The zero-order valence-corrected chi connectivity index (χ0v) is 8.76.